The van der Waals surface area contributed by atoms with E-state index in [1.165, 1.54) is 0 Å². The summed E-state index contributed by atoms with van der Waals surface area (Å²) < 4.78 is 10.4. The maximum Gasteiger partial charge on any atom is 0.225 e. The second kappa shape index (κ2) is 7.68. The van der Waals surface area contributed by atoms with Gasteiger partial charge in [-0.1, -0.05) is 0 Å². The average Bonchev–Trinajstić information content (AvgIpc) is 2.33. The van der Waals surface area contributed by atoms with Gasteiger partial charge in [0, 0.05) is 25.8 Å². The molecule has 1 rings (SSSR count). The fraction of sp³-hybridized carbons (Fsp3) is 0.462. The smallest absolute Gasteiger partial charge is 0.225 e. The van der Waals surface area contributed by atoms with Crippen LogP contribution in [0.25, 0.3) is 0 Å². The van der Waals surface area contributed by atoms with Crippen molar-refractivity contribution in [3.05, 3.63) is 23.8 Å². The van der Waals surface area contributed by atoms with E-state index in [9.17, 15) is 4.79 Å². The summed E-state index contributed by atoms with van der Waals surface area (Å²) in [6.07, 6.45) is 0.325. The van der Waals surface area contributed by atoms with Crippen molar-refractivity contribution in [1.29, 1.82) is 0 Å². The van der Waals surface area contributed by atoms with Crippen molar-refractivity contribution in [1.82, 2.24) is 0 Å². The first-order chi connectivity index (χ1) is 8.67. The summed E-state index contributed by atoms with van der Waals surface area (Å²) in [6.45, 7) is 3.33. The van der Waals surface area contributed by atoms with Crippen molar-refractivity contribution in [2.24, 2.45) is 5.73 Å². The average molecular weight is 252 g/mol. The number of carbonyl (C=O) groups is 1. The summed E-state index contributed by atoms with van der Waals surface area (Å²) in [5.74, 6) is 0.690. The molecule has 0 aliphatic carbocycles. The molecule has 0 bridgehead atoms. The minimum atomic E-state index is -0.0753. The Balaban J connectivity index is 2.59. The lowest BCUT2D eigenvalue weighted by molar-refractivity contribution is -0.116. The fourth-order valence-electron chi connectivity index (χ4n) is 1.45. The van der Waals surface area contributed by atoms with Gasteiger partial charge in [-0.2, -0.15) is 0 Å². The summed E-state index contributed by atoms with van der Waals surface area (Å²) in [5.41, 5.74) is 7.06. The van der Waals surface area contributed by atoms with Gasteiger partial charge in [0.15, 0.2) is 0 Å². The Morgan fingerprint density at radius 2 is 2.17 bits per heavy atom. The molecule has 0 radical (unpaired) electrons. The normalized spacial score (nSPS) is 10.2. The zero-order valence-electron chi connectivity index (χ0n) is 10.9. The maximum atomic E-state index is 11.4. The summed E-state index contributed by atoms with van der Waals surface area (Å²) >= 11 is 0. The van der Waals surface area contributed by atoms with E-state index in [-0.39, 0.29) is 5.91 Å². The number of nitrogens with one attached hydrogen (secondary N) is 1. The van der Waals surface area contributed by atoms with Gasteiger partial charge in [0.05, 0.1) is 6.61 Å². The molecule has 0 fully saturated rings. The molecule has 100 valence electrons. The first-order valence-electron chi connectivity index (χ1n) is 5.89. The minimum absolute atomic E-state index is 0.0753. The van der Waals surface area contributed by atoms with Gasteiger partial charge in [-0.3, -0.25) is 4.79 Å². The van der Waals surface area contributed by atoms with Crippen LogP contribution in [0.3, 0.4) is 0 Å². The monoisotopic (exact) mass is 252 g/mol. The van der Waals surface area contributed by atoms with Crippen LogP contribution in [0.2, 0.25) is 0 Å². The third kappa shape index (κ3) is 4.73. The number of hydrogen-bond acceptors (Lipinski definition) is 4. The van der Waals surface area contributed by atoms with Crippen molar-refractivity contribution < 1.29 is 14.3 Å². The Morgan fingerprint density at radius 1 is 1.39 bits per heavy atom. The molecule has 5 nitrogen and oxygen atoms in total. The topological polar surface area (TPSA) is 73.6 Å². The number of hydrogen-bond donors (Lipinski definition) is 2. The second-order valence-electron chi connectivity index (χ2n) is 3.90. The highest BCUT2D eigenvalue weighted by Crippen LogP contribution is 2.21. The number of nitrogens with two attached hydrogens (primary N) is 1. The van der Waals surface area contributed by atoms with Crippen LogP contribution < -0.4 is 15.8 Å². The largest absolute Gasteiger partial charge is 0.491 e. The fourth-order valence-corrected chi connectivity index (χ4v) is 1.45. The van der Waals surface area contributed by atoms with Crippen molar-refractivity contribution >= 4 is 11.6 Å². The van der Waals surface area contributed by atoms with Gasteiger partial charge in [0.25, 0.3) is 0 Å². The molecule has 0 aromatic heterocycles. The molecule has 0 unspecified atom stereocenters. The Morgan fingerprint density at radius 3 is 2.78 bits per heavy atom. The van der Waals surface area contributed by atoms with Crippen LogP contribution in [-0.4, -0.2) is 32.8 Å². The number of anilines is 1. The zero-order valence-corrected chi connectivity index (χ0v) is 10.9. The summed E-state index contributed by atoms with van der Waals surface area (Å²) in [7, 11) is 1.63. The van der Waals surface area contributed by atoms with Crippen molar-refractivity contribution in [2.45, 2.75) is 13.3 Å². The summed E-state index contributed by atoms with van der Waals surface area (Å²) in [4.78, 5) is 11.4. The Bertz CT molecular complexity index is 394. The second-order valence-corrected chi connectivity index (χ2v) is 3.90. The van der Waals surface area contributed by atoms with Crippen LogP contribution in [0.15, 0.2) is 18.2 Å². The van der Waals surface area contributed by atoms with Crippen molar-refractivity contribution in [2.75, 3.05) is 32.2 Å². The van der Waals surface area contributed by atoms with Crippen LogP contribution in [0.1, 0.15) is 12.0 Å². The SMILES string of the molecule is COCCOc1ccc(NC(=O)CCN)c(C)c1. The van der Waals surface area contributed by atoms with Gasteiger partial charge in [-0.05, 0) is 30.7 Å². The van der Waals surface area contributed by atoms with Gasteiger partial charge in [0.2, 0.25) is 5.91 Å². The molecular formula is C13H20N2O3. The third-order valence-corrected chi connectivity index (χ3v) is 2.40. The lowest BCUT2D eigenvalue weighted by atomic mass is 10.2. The van der Waals surface area contributed by atoms with Crippen LogP contribution in [0.4, 0.5) is 5.69 Å². The third-order valence-electron chi connectivity index (χ3n) is 2.40. The molecule has 0 atom stereocenters. The number of aryl methyl sites for hydroxylation is 1. The van der Waals surface area contributed by atoms with Crippen LogP contribution >= 0.6 is 0 Å². The van der Waals surface area contributed by atoms with Crippen LogP contribution in [0.5, 0.6) is 5.75 Å². The molecule has 0 saturated carbocycles. The van der Waals surface area contributed by atoms with Crippen molar-refractivity contribution in [3.63, 3.8) is 0 Å². The number of methoxy groups -OCH3 is 1. The first-order valence-corrected chi connectivity index (χ1v) is 5.89. The number of ether oxygens (including phenoxy) is 2. The summed E-state index contributed by atoms with van der Waals surface area (Å²) in [6, 6.07) is 5.53. The number of rotatable bonds is 7. The molecule has 0 heterocycles. The number of benzene rings is 1. The van der Waals surface area contributed by atoms with Gasteiger partial charge in [0.1, 0.15) is 12.4 Å². The van der Waals surface area contributed by atoms with Gasteiger partial charge in [-0.15, -0.1) is 0 Å². The predicted molar refractivity (Wildman–Crippen MR) is 70.9 cm³/mol. The molecule has 0 spiro atoms. The maximum absolute atomic E-state index is 11.4. The molecule has 3 N–H and O–H groups in total. The first kappa shape index (κ1) is 14.5. The van der Waals surface area contributed by atoms with Crippen LogP contribution in [0, 0.1) is 6.92 Å². The lowest BCUT2D eigenvalue weighted by Crippen LogP contribution is -2.16. The lowest BCUT2D eigenvalue weighted by Gasteiger charge is -2.11. The van der Waals surface area contributed by atoms with E-state index >= 15 is 0 Å². The van der Waals surface area contributed by atoms with E-state index in [0.29, 0.717) is 26.2 Å². The number of carbonyl (C=O) groups excluding carboxylic acids is 1. The quantitative estimate of drug-likeness (QED) is 0.717. The Hall–Kier alpha value is -1.59. The minimum Gasteiger partial charge on any atom is -0.491 e. The van der Waals surface area contributed by atoms with E-state index in [2.05, 4.69) is 5.32 Å². The van der Waals surface area contributed by atoms with E-state index in [4.69, 9.17) is 15.2 Å². The molecule has 18 heavy (non-hydrogen) atoms. The van der Waals surface area contributed by atoms with E-state index < -0.39 is 0 Å². The van der Waals surface area contributed by atoms with Gasteiger partial charge in [-0.25, -0.2) is 0 Å². The Labute approximate surface area is 107 Å². The zero-order chi connectivity index (χ0) is 13.4. The molecule has 0 saturated heterocycles. The predicted octanol–water partition coefficient (Wildman–Crippen LogP) is 1.31. The highest BCUT2D eigenvalue weighted by molar-refractivity contribution is 5.91. The molecule has 0 aliphatic heterocycles. The molecule has 1 amide bonds. The van der Waals surface area contributed by atoms with Gasteiger partial charge >= 0.3 is 0 Å². The Kier molecular flexibility index (Phi) is 6.18. The molecule has 0 aliphatic rings. The standard InChI is InChI=1S/C13H20N2O3/c1-10-9-11(18-8-7-17-2)3-4-12(10)15-13(16)5-6-14/h3-4,9H,5-8,14H2,1-2H3,(H,15,16). The number of amides is 1. The summed E-state index contributed by atoms with van der Waals surface area (Å²) in [5, 5.41) is 2.81. The van der Waals surface area contributed by atoms with Crippen molar-refractivity contribution in [3.8, 4) is 5.75 Å². The molecule has 1 aromatic rings. The highest BCUT2D eigenvalue weighted by Gasteiger charge is 2.05. The van der Waals surface area contributed by atoms with E-state index in [1.807, 2.05) is 25.1 Å². The molecule has 1 aromatic carbocycles. The highest BCUT2D eigenvalue weighted by atomic mass is 16.5. The van der Waals surface area contributed by atoms with Gasteiger partial charge < -0.3 is 20.5 Å². The van der Waals surface area contributed by atoms with E-state index in [0.717, 1.165) is 17.0 Å². The molecule has 5 heteroatoms. The molecular weight excluding hydrogens is 232 g/mol. The van der Waals surface area contributed by atoms with E-state index in [1.54, 1.807) is 7.11 Å². The van der Waals surface area contributed by atoms with Crippen LogP contribution in [-0.2, 0) is 9.53 Å².